The van der Waals surface area contributed by atoms with Gasteiger partial charge in [-0.3, -0.25) is 0 Å². The summed E-state index contributed by atoms with van der Waals surface area (Å²) < 4.78 is 1.09. The molecule has 0 amide bonds. The van der Waals surface area contributed by atoms with Crippen molar-refractivity contribution in [1.29, 1.82) is 5.26 Å². The van der Waals surface area contributed by atoms with Crippen LogP contribution in [0.2, 0.25) is 0 Å². The van der Waals surface area contributed by atoms with E-state index in [4.69, 9.17) is 5.26 Å². The molecule has 0 radical (unpaired) electrons. The number of hydrogen-bond acceptors (Lipinski definition) is 2. The van der Waals surface area contributed by atoms with Gasteiger partial charge in [0.25, 0.3) is 0 Å². The first kappa shape index (κ1) is 10.2. The first-order valence-corrected chi connectivity index (χ1v) is 4.94. The average molecular weight is 239 g/mol. The maximum Gasteiger partial charge on any atom is 0.0635 e. The summed E-state index contributed by atoms with van der Waals surface area (Å²) >= 11 is 3.38. The van der Waals surface area contributed by atoms with Crippen LogP contribution < -0.4 is 5.32 Å². The Labute approximate surface area is 86.7 Å². The third-order valence-corrected chi connectivity index (χ3v) is 2.18. The number of rotatable bonds is 4. The standard InChI is InChI=1S/C10H11BrN2/c11-10-4-2-9(3-5-10)8-13-7-1-6-12/h2-5,13H,1,7-8H2. The van der Waals surface area contributed by atoms with Crippen LogP contribution in [0.25, 0.3) is 0 Å². The second kappa shape index (κ2) is 5.74. The molecule has 0 aliphatic rings. The second-order valence-corrected chi connectivity index (χ2v) is 3.63. The van der Waals surface area contributed by atoms with E-state index in [1.165, 1.54) is 5.56 Å². The summed E-state index contributed by atoms with van der Waals surface area (Å²) in [6, 6.07) is 10.2. The van der Waals surface area contributed by atoms with Crippen molar-refractivity contribution < 1.29 is 0 Å². The normalized spacial score (nSPS) is 9.54. The largest absolute Gasteiger partial charge is 0.312 e. The van der Waals surface area contributed by atoms with Gasteiger partial charge in [-0.15, -0.1) is 0 Å². The van der Waals surface area contributed by atoms with Crippen LogP contribution in [0.4, 0.5) is 0 Å². The van der Waals surface area contributed by atoms with Crippen molar-refractivity contribution >= 4 is 15.9 Å². The fourth-order valence-corrected chi connectivity index (χ4v) is 1.24. The fraction of sp³-hybridized carbons (Fsp3) is 0.300. The maximum atomic E-state index is 8.30. The first-order chi connectivity index (χ1) is 6.33. The van der Waals surface area contributed by atoms with Gasteiger partial charge in [0, 0.05) is 24.0 Å². The Kier molecular flexibility index (Phi) is 4.52. The van der Waals surface area contributed by atoms with Crippen LogP contribution in [0.1, 0.15) is 12.0 Å². The van der Waals surface area contributed by atoms with Crippen molar-refractivity contribution in [3.05, 3.63) is 34.3 Å². The Morgan fingerprint density at radius 3 is 2.62 bits per heavy atom. The monoisotopic (exact) mass is 238 g/mol. The minimum Gasteiger partial charge on any atom is -0.312 e. The zero-order valence-corrected chi connectivity index (χ0v) is 8.84. The van der Waals surface area contributed by atoms with Crippen molar-refractivity contribution in [3.8, 4) is 6.07 Å². The molecule has 0 heterocycles. The molecular formula is C10H11BrN2. The van der Waals surface area contributed by atoms with Crippen LogP contribution in [-0.2, 0) is 6.54 Å². The molecule has 0 aliphatic heterocycles. The minimum absolute atomic E-state index is 0.566. The Morgan fingerprint density at radius 1 is 1.31 bits per heavy atom. The molecule has 1 aromatic carbocycles. The highest BCUT2D eigenvalue weighted by atomic mass is 79.9. The van der Waals surface area contributed by atoms with E-state index in [9.17, 15) is 0 Å². The molecule has 0 bridgehead atoms. The van der Waals surface area contributed by atoms with Gasteiger partial charge in [-0.2, -0.15) is 5.26 Å². The van der Waals surface area contributed by atoms with Crippen molar-refractivity contribution in [2.24, 2.45) is 0 Å². The highest BCUT2D eigenvalue weighted by Gasteiger charge is 1.91. The quantitative estimate of drug-likeness (QED) is 0.819. The molecular weight excluding hydrogens is 228 g/mol. The van der Waals surface area contributed by atoms with Gasteiger partial charge in [-0.25, -0.2) is 0 Å². The lowest BCUT2D eigenvalue weighted by atomic mass is 10.2. The van der Waals surface area contributed by atoms with Crippen LogP contribution in [0, 0.1) is 11.3 Å². The topological polar surface area (TPSA) is 35.8 Å². The lowest BCUT2D eigenvalue weighted by molar-refractivity contribution is 0.699. The number of nitriles is 1. The van der Waals surface area contributed by atoms with Crippen molar-refractivity contribution in [2.75, 3.05) is 6.54 Å². The highest BCUT2D eigenvalue weighted by Crippen LogP contribution is 2.09. The Morgan fingerprint density at radius 2 is 2.00 bits per heavy atom. The predicted molar refractivity (Wildman–Crippen MR) is 56.1 cm³/mol. The summed E-state index contributed by atoms with van der Waals surface area (Å²) in [5.41, 5.74) is 1.24. The van der Waals surface area contributed by atoms with E-state index in [1.54, 1.807) is 0 Å². The Bertz CT molecular complexity index is 287. The van der Waals surface area contributed by atoms with E-state index in [0.29, 0.717) is 6.42 Å². The van der Waals surface area contributed by atoms with E-state index >= 15 is 0 Å². The zero-order valence-electron chi connectivity index (χ0n) is 7.26. The number of hydrogen-bond donors (Lipinski definition) is 1. The van der Waals surface area contributed by atoms with E-state index in [0.717, 1.165) is 17.6 Å². The molecule has 0 saturated heterocycles. The van der Waals surface area contributed by atoms with Gasteiger partial charge in [0.15, 0.2) is 0 Å². The molecule has 2 nitrogen and oxygen atoms in total. The molecule has 0 fully saturated rings. The third-order valence-electron chi connectivity index (χ3n) is 1.66. The smallest absolute Gasteiger partial charge is 0.0635 e. The van der Waals surface area contributed by atoms with Crippen LogP contribution in [0.5, 0.6) is 0 Å². The summed E-state index contributed by atoms with van der Waals surface area (Å²) in [5, 5.41) is 11.5. The summed E-state index contributed by atoms with van der Waals surface area (Å²) in [4.78, 5) is 0. The third kappa shape index (κ3) is 4.07. The van der Waals surface area contributed by atoms with Crippen LogP contribution in [-0.4, -0.2) is 6.54 Å². The number of benzene rings is 1. The summed E-state index contributed by atoms with van der Waals surface area (Å²) in [7, 11) is 0. The van der Waals surface area contributed by atoms with Crippen molar-refractivity contribution in [3.63, 3.8) is 0 Å². The fourth-order valence-electron chi connectivity index (χ4n) is 0.979. The maximum absolute atomic E-state index is 8.30. The van der Waals surface area contributed by atoms with Gasteiger partial charge in [-0.1, -0.05) is 28.1 Å². The Balaban J connectivity index is 2.30. The molecule has 3 heteroatoms. The van der Waals surface area contributed by atoms with Gasteiger partial charge in [0.05, 0.1) is 6.07 Å². The van der Waals surface area contributed by atoms with Crippen LogP contribution in [0.3, 0.4) is 0 Å². The van der Waals surface area contributed by atoms with Crippen molar-refractivity contribution in [1.82, 2.24) is 5.32 Å². The van der Waals surface area contributed by atoms with Crippen molar-refractivity contribution in [2.45, 2.75) is 13.0 Å². The molecule has 0 aromatic heterocycles. The molecule has 0 unspecified atom stereocenters. The summed E-state index contributed by atoms with van der Waals surface area (Å²) in [5.74, 6) is 0. The van der Waals surface area contributed by atoms with E-state index in [-0.39, 0.29) is 0 Å². The molecule has 0 aliphatic carbocycles. The van der Waals surface area contributed by atoms with Gasteiger partial charge >= 0.3 is 0 Å². The first-order valence-electron chi connectivity index (χ1n) is 4.15. The molecule has 0 spiro atoms. The van der Waals surface area contributed by atoms with Crippen LogP contribution in [0.15, 0.2) is 28.7 Å². The van der Waals surface area contributed by atoms with Gasteiger partial charge in [0.2, 0.25) is 0 Å². The van der Waals surface area contributed by atoms with E-state index in [1.807, 2.05) is 12.1 Å². The lowest BCUT2D eigenvalue weighted by Crippen LogP contribution is -2.13. The van der Waals surface area contributed by atoms with Gasteiger partial charge in [-0.05, 0) is 17.7 Å². The Hall–Kier alpha value is -0.850. The SMILES string of the molecule is N#CCCNCc1ccc(Br)cc1. The molecule has 1 rings (SSSR count). The second-order valence-electron chi connectivity index (χ2n) is 2.71. The molecule has 13 heavy (non-hydrogen) atoms. The van der Waals surface area contributed by atoms with E-state index in [2.05, 4.69) is 39.4 Å². The predicted octanol–water partition coefficient (Wildman–Crippen LogP) is 2.45. The van der Waals surface area contributed by atoms with Gasteiger partial charge in [0.1, 0.15) is 0 Å². The average Bonchev–Trinajstić information content (AvgIpc) is 2.15. The molecule has 1 aromatic rings. The molecule has 0 saturated carbocycles. The number of nitrogens with one attached hydrogen (secondary N) is 1. The molecule has 1 N–H and O–H groups in total. The minimum atomic E-state index is 0.566. The van der Waals surface area contributed by atoms with Crippen LogP contribution >= 0.6 is 15.9 Å². The number of nitrogens with zero attached hydrogens (tertiary/aromatic N) is 1. The molecule has 68 valence electrons. The van der Waals surface area contributed by atoms with Gasteiger partial charge < -0.3 is 5.32 Å². The highest BCUT2D eigenvalue weighted by molar-refractivity contribution is 9.10. The zero-order chi connectivity index (χ0) is 9.52. The lowest BCUT2D eigenvalue weighted by Gasteiger charge is -2.01. The summed E-state index contributed by atoms with van der Waals surface area (Å²) in [6.45, 7) is 1.58. The summed E-state index contributed by atoms with van der Waals surface area (Å²) in [6.07, 6.45) is 0.566. The molecule has 0 atom stereocenters. The number of halogens is 1. The van der Waals surface area contributed by atoms with E-state index < -0.39 is 0 Å².